The van der Waals surface area contributed by atoms with E-state index in [0.29, 0.717) is 40.9 Å². The van der Waals surface area contributed by atoms with E-state index in [4.69, 9.17) is 83.9 Å². The summed E-state index contributed by atoms with van der Waals surface area (Å²) in [5.74, 6) is -2.47. The number of hydrogen-bond donors (Lipinski definition) is 4. The Kier molecular flexibility index (Phi) is 24.7. The molecule has 33 rings (SSSR count). The van der Waals surface area contributed by atoms with Crippen LogP contribution in [0.3, 0.4) is 0 Å². The molecule has 0 spiro atoms. The summed E-state index contributed by atoms with van der Waals surface area (Å²) in [6.07, 6.45) is 21.1. The number of aromatic amines is 3. The molecule has 10 bridgehead atoms. The number of allylic oxidation sites excluding steroid dienone is 2. The van der Waals surface area contributed by atoms with Crippen LogP contribution >= 0.6 is 33.3 Å². The second-order valence-corrected chi connectivity index (χ2v) is 44.1. The summed E-state index contributed by atoms with van der Waals surface area (Å²) < 4.78 is 106. The molecule has 20 nitrogen and oxygen atoms in total. The maximum absolute atomic E-state index is 13.6. The van der Waals surface area contributed by atoms with Crippen LogP contribution in [0.4, 0.5) is 0 Å². The number of ether oxygens (including phenoxy) is 13. The van der Waals surface area contributed by atoms with Crippen LogP contribution in [-0.4, -0.2) is 160 Å². The number of halogens is 2. The van der Waals surface area contributed by atoms with Crippen LogP contribution < -0.4 is 0 Å². The van der Waals surface area contributed by atoms with Gasteiger partial charge in [0.1, 0.15) is 17.9 Å². The van der Waals surface area contributed by atoms with Crippen molar-refractivity contribution in [1.29, 1.82) is 0 Å². The summed E-state index contributed by atoms with van der Waals surface area (Å²) in [4.78, 5) is 23.5. The Morgan fingerprint density at radius 2 is 0.691 bits per heavy atom. The van der Waals surface area contributed by atoms with E-state index in [1.807, 2.05) is 230 Å². The van der Waals surface area contributed by atoms with Gasteiger partial charge in [-0.1, -0.05) is 231 Å². The molecule has 0 amide bonds. The average molecular weight is 1910 g/mol. The summed E-state index contributed by atoms with van der Waals surface area (Å²) in [5.41, 5.74) is 21.8. The van der Waals surface area contributed by atoms with Gasteiger partial charge in [-0.25, -0.2) is 13.2 Å². The van der Waals surface area contributed by atoms with Gasteiger partial charge in [0, 0.05) is 94.6 Å². The molecule has 6 aliphatic heterocycles. The SMILES string of the molecule is CC1(C)OC2C(O1)C1c3ccccc3C2C(Cl)C1S(=O)(=O)c1ccccc1.CC1(C)OC2C3C=CC(c4ccccc43)C2O1.CC1(C)OC2C3c4ccccc4C(c4c3c[nH]c4CO)C2O1.CC1(C)OC2C3c4ccccc4C(c4c[nH]cc43)C2O1.CC1(C)OC2C=CC=CC2O1.CCOC(=O)c1[nH]cc2c1C1c3ccccc3C2C2OC(C)(C)OC12.ClSc1ccccc1.c1ccccc1. The fourth-order valence-corrected chi connectivity index (χ4v) is 28.3. The maximum atomic E-state index is 13.6. The van der Waals surface area contributed by atoms with Crippen molar-refractivity contribution in [2.75, 3.05) is 6.61 Å². The molecule has 6 saturated heterocycles. The number of H-pyrrole nitrogens is 3. The quantitative estimate of drug-likeness (QED) is 0.0687. The van der Waals surface area contributed by atoms with Gasteiger partial charge in [-0.3, -0.25) is 0 Å². The number of rotatable bonds is 6. The van der Waals surface area contributed by atoms with Crippen molar-refractivity contribution in [3.63, 3.8) is 0 Å². The van der Waals surface area contributed by atoms with E-state index >= 15 is 0 Å². The molecule has 136 heavy (non-hydrogen) atoms. The molecular weight excluding hydrogens is 1790 g/mol. The zero-order chi connectivity index (χ0) is 94.4. The van der Waals surface area contributed by atoms with Gasteiger partial charge in [0.05, 0.1) is 89.8 Å². The van der Waals surface area contributed by atoms with Crippen molar-refractivity contribution in [2.24, 2.45) is 0 Å². The van der Waals surface area contributed by atoms with Crippen molar-refractivity contribution in [3.8, 4) is 0 Å². The van der Waals surface area contributed by atoms with Crippen LogP contribution in [0.25, 0.3) is 0 Å². The Bertz CT molecular complexity index is 6320. The lowest BCUT2D eigenvalue weighted by Gasteiger charge is -2.51. The molecule has 1 saturated carbocycles. The molecule has 24 unspecified atom stereocenters. The highest BCUT2D eigenvalue weighted by atomic mass is 35.7. The van der Waals surface area contributed by atoms with Crippen LogP contribution in [-0.2, 0) is 78.0 Å². The van der Waals surface area contributed by atoms with Crippen LogP contribution in [0.5, 0.6) is 0 Å². The molecule has 7 fully saturated rings. The van der Waals surface area contributed by atoms with Gasteiger partial charge in [0.2, 0.25) is 0 Å². The second-order valence-electron chi connectivity index (χ2n) is 40.4. The lowest BCUT2D eigenvalue weighted by Crippen LogP contribution is -2.59. The van der Waals surface area contributed by atoms with Crippen molar-refractivity contribution in [2.45, 2.75) is 284 Å². The van der Waals surface area contributed by atoms with Crippen LogP contribution in [0.2, 0.25) is 0 Å². The minimum atomic E-state index is -3.63. The summed E-state index contributed by atoms with van der Waals surface area (Å²) in [6.45, 7) is 25.8. The minimum Gasteiger partial charge on any atom is -0.461 e. The van der Waals surface area contributed by atoms with E-state index in [1.165, 1.54) is 77.7 Å². The predicted octanol–water partition coefficient (Wildman–Crippen LogP) is 22.1. The third-order valence-corrected chi connectivity index (χ3v) is 33.3. The van der Waals surface area contributed by atoms with E-state index in [2.05, 4.69) is 130 Å². The van der Waals surface area contributed by atoms with E-state index in [-0.39, 0.29) is 121 Å². The molecule has 16 aliphatic carbocycles. The maximum Gasteiger partial charge on any atom is 0.355 e. The summed E-state index contributed by atoms with van der Waals surface area (Å²) in [7, 11) is 3.06. The number of esters is 1. The number of hydrogen-bond acceptors (Lipinski definition) is 18. The number of benzene rings is 8. The highest BCUT2D eigenvalue weighted by Crippen LogP contribution is 2.65. The molecule has 3 aromatic heterocycles. The van der Waals surface area contributed by atoms with E-state index in [9.17, 15) is 18.3 Å². The van der Waals surface area contributed by atoms with Crippen molar-refractivity contribution in [3.05, 3.63) is 380 Å². The van der Waals surface area contributed by atoms with Gasteiger partial charge in [0.15, 0.2) is 44.6 Å². The Morgan fingerprint density at radius 1 is 0.368 bits per heavy atom. The summed E-state index contributed by atoms with van der Waals surface area (Å²) in [6, 6.07) is 72.8. The smallest absolute Gasteiger partial charge is 0.355 e. The first-order valence-corrected chi connectivity index (χ1v) is 51.2. The molecule has 4 N–H and O–H groups in total. The first-order valence-electron chi connectivity index (χ1n) is 47.6. The Morgan fingerprint density at radius 3 is 1.10 bits per heavy atom. The van der Waals surface area contributed by atoms with Gasteiger partial charge >= 0.3 is 5.97 Å². The second kappa shape index (κ2) is 36.1. The zero-order valence-corrected chi connectivity index (χ0v) is 81.5. The Balaban J connectivity index is 0.0000000960. The van der Waals surface area contributed by atoms with Gasteiger partial charge < -0.3 is 81.6 Å². The van der Waals surface area contributed by atoms with Gasteiger partial charge in [-0.2, -0.15) is 0 Å². The summed E-state index contributed by atoms with van der Waals surface area (Å²) >= 11 is 6.89. The lowest BCUT2D eigenvalue weighted by molar-refractivity contribution is -0.147. The minimum absolute atomic E-state index is 0.0171. The first kappa shape index (κ1) is 93.0. The highest BCUT2D eigenvalue weighted by Gasteiger charge is 2.67. The molecule has 22 aliphatic rings. The summed E-state index contributed by atoms with van der Waals surface area (Å²) in [5, 5.41) is 8.37. The number of carbonyl (C=O) groups excluding carboxylic acids is 1. The number of fused-ring (bicyclic) bond motifs is 2. The van der Waals surface area contributed by atoms with Crippen LogP contribution in [0.15, 0.2) is 289 Å². The van der Waals surface area contributed by atoms with Gasteiger partial charge in [-0.15, -0.1) is 11.6 Å². The topological polar surface area (TPSA) is 239 Å². The van der Waals surface area contributed by atoms with E-state index < -0.39 is 55.2 Å². The predicted molar refractivity (Wildman–Crippen MR) is 521 cm³/mol. The monoisotopic (exact) mass is 1910 g/mol. The number of nitrogens with one attached hydrogen (secondary N) is 3. The molecular formula is C112H117Cl2N3O17S2. The third-order valence-electron chi connectivity index (χ3n) is 29.4. The number of aromatic nitrogens is 3. The van der Waals surface area contributed by atoms with Crippen LogP contribution in [0, 0.1) is 0 Å². The number of aliphatic hydroxyl groups excluding tert-OH is 1. The number of alkyl halides is 1. The lowest BCUT2D eigenvalue weighted by atomic mass is 9.61. The normalized spacial score (nSPS) is 32.5. The van der Waals surface area contributed by atoms with Crippen LogP contribution in [0.1, 0.15) is 254 Å². The van der Waals surface area contributed by atoms with Crippen molar-refractivity contribution >= 4 is 49.1 Å². The van der Waals surface area contributed by atoms with Gasteiger partial charge in [0.25, 0.3) is 0 Å². The number of sulfone groups is 1. The third kappa shape index (κ3) is 16.6. The standard InChI is InChI=1S/C21H21ClO4S.C20H21NO4.C18H19NO3.C17H17NO2.C15H16O2.C9H12O2.C6H5ClS.C6H6/c1-21(2)25-18-15-13-10-6-7-11-14(13)16(19(18)26-21)20(17(15)22)27(23,24)12-8-4-3-5-9-12;1-4-23-19(22)16-14-12(9-21-16)13-10-7-5-6-8-11(10)15(14)18-17(13)24-20(2,3)25-18;1-18(2)21-16-13-9-5-3-4-6-10(9)15(17(16)22-18)14-11(13)7-19-12(14)8-20;1-17(2)19-15-13-9-5-3-4-6-10(9)14(16(15)20-17)12-8-18-7-11(12)13;1-15(2)16-13-11-7-8-12(14(13)17-15)10-6-4-3-5-9(10)11;1-9(2)10-7-5-3-4-6-8(7)11-9;7-8-6-4-2-1-3-5-6;1-2-4-6-5-3-1/h3-11,15-20H,1-2H3;5-9,13,15,17-18,21H,4H2,1-3H3;3-7,13,15-17,19-20H,8H2,1-2H3;3-8,13-16,18H,1-2H3;3-8,11-14H,1-2H3;3-8H,1-2H3;1-5H;1-6H. The molecule has 24 heteroatoms. The van der Waals surface area contributed by atoms with E-state index in [0.717, 1.165) is 32.8 Å². The van der Waals surface area contributed by atoms with E-state index in [1.54, 1.807) is 24.3 Å². The fraction of sp³-hybridized carbons (Fsp3) is 0.402. The fourth-order valence-electron chi connectivity index (χ4n) is 24.8. The van der Waals surface area contributed by atoms with Crippen molar-refractivity contribution in [1.82, 2.24) is 15.0 Å². The Hall–Kier alpha value is -9.35. The molecule has 11 aromatic rings. The zero-order valence-electron chi connectivity index (χ0n) is 78.4. The first-order chi connectivity index (χ1) is 65.4. The molecule has 24 atom stereocenters. The molecule has 9 heterocycles. The average Bonchev–Trinajstić information content (AvgIpc) is 1.76. The molecule has 0 radical (unpaired) electrons. The highest BCUT2D eigenvalue weighted by molar-refractivity contribution is 8.21. The molecule has 708 valence electrons. The largest absolute Gasteiger partial charge is 0.461 e. The molecule has 8 aromatic carbocycles. The Labute approximate surface area is 809 Å². The number of aliphatic hydroxyl groups is 1. The van der Waals surface area contributed by atoms with Crippen molar-refractivity contribution < 1.29 is 79.9 Å². The number of carbonyl (C=O) groups is 1. The van der Waals surface area contributed by atoms with Gasteiger partial charge in [-0.05, 0) is 225 Å².